The highest BCUT2D eigenvalue weighted by molar-refractivity contribution is 5.32. The van der Waals surface area contributed by atoms with Crippen molar-refractivity contribution in [1.82, 2.24) is 4.90 Å². The number of hydrogen-bond donors (Lipinski definition) is 1. The van der Waals surface area contributed by atoms with Crippen LogP contribution in [0.4, 0.5) is 0 Å². The Balaban J connectivity index is 1.98. The number of benzene rings is 1. The SMILES string of the molecule is Cc1ccc(C(O)CN(CCC(C)C)C2CC2)c(C)c1. The van der Waals surface area contributed by atoms with Gasteiger partial charge >= 0.3 is 0 Å². The molecule has 1 atom stereocenters. The molecule has 0 saturated heterocycles. The molecule has 0 aliphatic heterocycles. The van der Waals surface area contributed by atoms with E-state index in [-0.39, 0.29) is 6.10 Å². The average Bonchev–Trinajstić information content (AvgIpc) is 3.18. The van der Waals surface area contributed by atoms with E-state index in [9.17, 15) is 5.11 Å². The molecule has 0 spiro atoms. The number of aliphatic hydroxyl groups is 1. The molecule has 0 heterocycles. The summed E-state index contributed by atoms with van der Waals surface area (Å²) in [5, 5.41) is 10.6. The minimum Gasteiger partial charge on any atom is -0.387 e. The van der Waals surface area contributed by atoms with Gasteiger partial charge in [-0.25, -0.2) is 0 Å². The standard InChI is InChI=1S/C18H29NO/c1-13(2)9-10-19(16-6-7-16)12-18(20)17-8-5-14(3)11-15(17)4/h5,8,11,13,16,18,20H,6-7,9-10,12H2,1-4H3. The van der Waals surface area contributed by atoms with Crippen molar-refractivity contribution in [2.75, 3.05) is 13.1 Å². The summed E-state index contributed by atoms with van der Waals surface area (Å²) in [6.07, 6.45) is 3.47. The van der Waals surface area contributed by atoms with Crippen LogP contribution in [-0.4, -0.2) is 29.1 Å². The van der Waals surface area contributed by atoms with E-state index in [0.29, 0.717) is 6.04 Å². The van der Waals surface area contributed by atoms with E-state index in [1.807, 2.05) is 0 Å². The summed E-state index contributed by atoms with van der Waals surface area (Å²) in [5.74, 6) is 0.731. The first-order chi connectivity index (χ1) is 9.47. The third kappa shape index (κ3) is 4.32. The Morgan fingerprint density at radius 1 is 1.25 bits per heavy atom. The zero-order valence-electron chi connectivity index (χ0n) is 13.4. The lowest BCUT2D eigenvalue weighted by atomic mass is 10.0. The molecule has 1 aliphatic rings. The summed E-state index contributed by atoms with van der Waals surface area (Å²) in [5.41, 5.74) is 3.56. The van der Waals surface area contributed by atoms with E-state index in [0.717, 1.165) is 24.6 Å². The summed E-state index contributed by atoms with van der Waals surface area (Å²) < 4.78 is 0. The lowest BCUT2D eigenvalue weighted by Gasteiger charge is -2.26. The predicted octanol–water partition coefficient (Wildman–Crippen LogP) is 3.85. The highest BCUT2D eigenvalue weighted by atomic mass is 16.3. The van der Waals surface area contributed by atoms with Crippen LogP contribution in [-0.2, 0) is 0 Å². The van der Waals surface area contributed by atoms with Crippen LogP contribution < -0.4 is 0 Å². The van der Waals surface area contributed by atoms with Crippen LogP contribution >= 0.6 is 0 Å². The number of nitrogens with zero attached hydrogens (tertiary/aromatic N) is 1. The van der Waals surface area contributed by atoms with Crippen LogP contribution in [0.25, 0.3) is 0 Å². The summed E-state index contributed by atoms with van der Waals surface area (Å²) >= 11 is 0. The Kier molecular flexibility index (Phi) is 5.22. The molecule has 1 aromatic rings. The second kappa shape index (κ2) is 6.73. The zero-order valence-corrected chi connectivity index (χ0v) is 13.4. The lowest BCUT2D eigenvalue weighted by molar-refractivity contribution is 0.105. The fraction of sp³-hybridized carbons (Fsp3) is 0.667. The highest BCUT2D eigenvalue weighted by Crippen LogP contribution is 2.30. The summed E-state index contributed by atoms with van der Waals surface area (Å²) in [4.78, 5) is 2.49. The third-order valence-electron chi connectivity index (χ3n) is 4.25. The molecule has 2 nitrogen and oxygen atoms in total. The smallest absolute Gasteiger partial charge is 0.0919 e. The molecule has 0 amide bonds. The second-order valence-electron chi connectivity index (χ2n) is 6.78. The molecule has 112 valence electrons. The minimum absolute atomic E-state index is 0.358. The molecule has 2 rings (SSSR count). The topological polar surface area (TPSA) is 23.5 Å². The van der Waals surface area contributed by atoms with Gasteiger partial charge in [-0.05, 0) is 56.7 Å². The van der Waals surface area contributed by atoms with Gasteiger partial charge in [0.25, 0.3) is 0 Å². The van der Waals surface area contributed by atoms with Gasteiger partial charge in [0.2, 0.25) is 0 Å². The van der Waals surface area contributed by atoms with Crippen molar-refractivity contribution in [3.8, 4) is 0 Å². The molecule has 1 aliphatic carbocycles. The molecule has 2 heteroatoms. The zero-order chi connectivity index (χ0) is 14.7. The first kappa shape index (κ1) is 15.5. The molecular formula is C18H29NO. The van der Waals surface area contributed by atoms with Gasteiger partial charge in [-0.15, -0.1) is 0 Å². The Morgan fingerprint density at radius 2 is 1.95 bits per heavy atom. The molecule has 0 aromatic heterocycles. The molecule has 1 aromatic carbocycles. The van der Waals surface area contributed by atoms with Crippen molar-refractivity contribution in [2.45, 2.75) is 59.1 Å². The van der Waals surface area contributed by atoms with Gasteiger partial charge in [0, 0.05) is 12.6 Å². The Morgan fingerprint density at radius 3 is 2.50 bits per heavy atom. The van der Waals surface area contributed by atoms with Gasteiger partial charge in [0.15, 0.2) is 0 Å². The van der Waals surface area contributed by atoms with Crippen molar-refractivity contribution in [3.63, 3.8) is 0 Å². The number of hydrogen-bond acceptors (Lipinski definition) is 2. The van der Waals surface area contributed by atoms with Gasteiger partial charge in [0.05, 0.1) is 6.10 Å². The molecule has 1 unspecified atom stereocenters. The Hall–Kier alpha value is -0.860. The van der Waals surface area contributed by atoms with Crippen LogP contribution in [0.2, 0.25) is 0 Å². The van der Waals surface area contributed by atoms with Gasteiger partial charge in [-0.1, -0.05) is 37.6 Å². The number of aliphatic hydroxyl groups excluding tert-OH is 1. The summed E-state index contributed by atoms with van der Waals surface area (Å²) in [6, 6.07) is 7.06. The first-order valence-electron chi connectivity index (χ1n) is 7.96. The van der Waals surface area contributed by atoms with E-state index in [4.69, 9.17) is 0 Å². The van der Waals surface area contributed by atoms with E-state index in [1.54, 1.807) is 0 Å². The number of rotatable bonds is 7. The van der Waals surface area contributed by atoms with E-state index in [2.05, 4.69) is 50.8 Å². The third-order valence-corrected chi connectivity index (χ3v) is 4.25. The maximum Gasteiger partial charge on any atom is 0.0919 e. The first-order valence-corrected chi connectivity index (χ1v) is 7.96. The van der Waals surface area contributed by atoms with Gasteiger partial charge in [-0.2, -0.15) is 0 Å². The molecular weight excluding hydrogens is 246 g/mol. The van der Waals surface area contributed by atoms with Crippen LogP contribution in [0.5, 0.6) is 0 Å². The molecule has 20 heavy (non-hydrogen) atoms. The Labute approximate surface area is 123 Å². The fourth-order valence-electron chi connectivity index (χ4n) is 2.81. The van der Waals surface area contributed by atoms with Crippen molar-refractivity contribution in [1.29, 1.82) is 0 Å². The molecule has 0 radical (unpaired) electrons. The van der Waals surface area contributed by atoms with Gasteiger partial charge in [-0.3, -0.25) is 4.90 Å². The predicted molar refractivity (Wildman–Crippen MR) is 84.9 cm³/mol. The highest BCUT2D eigenvalue weighted by Gasteiger charge is 2.30. The van der Waals surface area contributed by atoms with Crippen LogP contribution in [0, 0.1) is 19.8 Å². The van der Waals surface area contributed by atoms with Gasteiger partial charge in [0.1, 0.15) is 0 Å². The maximum atomic E-state index is 10.6. The fourth-order valence-corrected chi connectivity index (χ4v) is 2.81. The summed E-state index contributed by atoms with van der Waals surface area (Å²) in [7, 11) is 0. The van der Waals surface area contributed by atoms with Crippen molar-refractivity contribution in [2.24, 2.45) is 5.92 Å². The van der Waals surface area contributed by atoms with Crippen LogP contribution in [0.3, 0.4) is 0 Å². The molecule has 0 bridgehead atoms. The van der Waals surface area contributed by atoms with Crippen LogP contribution in [0.15, 0.2) is 18.2 Å². The minimum atomic E-state index is -0.358. The number of aryl methyl sites for hydroxylation is 2. The monoisotopic (exact) mass is 275 g/mol. The van der Waals surface area contributed by atoms with Crippen molar-refractivity contribution in [3.05, 3.63) is 34.9 Å². The van der Waals surface area contributed by atoms with Crippen LogP contribution in [0.1, 0.15) is 55.9 Å². The molecule has 1 N–H and O–H groups in total. The average molecular weight is 275 g/mol. The van der Waals surface area contributed by atoms with Crippen molar-refractivity contribution >= 4 is 0 Å². The largest absolute Gasteiger partial charge is 0.387 e. The van der Waals surface area contributed by atoms with Gasteiger partial charge < -0.3 is 5.11 Å². The molecule has 1 fully saturated rings. The van der Waals surface area contributed by atoms with E-state index in [1.165, 1.54) is 30.4 Å². The quantitative estimate of drug-likeness (QED) is 0.817. The maximum absolute atomic E-state index is 10.6. The van der Waals surface area contributed by atoms with E-state index < -0.39 is 0 Å². The molecule has 1 saturated carbocycles. The van der Waals surface area contributed by atoms with Crippen molar-refractivity contribution < 1.29 is 5.11 Å². The normalized spacial score (nSPS) is 16.9. The summed E-state index contributed by atoms with van der Waals surface area (Å²) in [6.45, 7) is 10.6. The Bertz CT molecular complexity index is 437. The lowest BCUT2D eigenvalue weighted by Crippen LogP contribution is -2.32. The second-order valence-corrected chi connectivity index (χ2v) is 6.78. The van der Waals surface area contributed by atoms with E-state index >= 15 is 0 Å².